The zero-order valence-electron chi connectivity index (χ0n) is 13.2. The zero-order chi connectivity index (χ0) is 16.0. The van der Waals surface area contributed by atoms with Crippen LogP contribution in [0.15, 0.2) is 18.2 Å². The van der Waals surface area contributed by atoms with Crippen LogP contribution in [0.4, 0.5) is 5.69 Å². The number of anilines is 1. The SMILES string of the molecule is CCOC(C)(C)C(=O)Nc1ccc(OC(C)C)cc1C#N. The third-order valence-corrected chi connectivity index (χ3v) is 2.78. The van der Waals surface area contributed by atoms with Gasteiger partial charge in [-0.2, -0.15) is 5.26 Å². The van der Waals surface area contributed by atoms with Crippen molar-refractivity contribution in [3.8, 4) is 11.8 Å². The number of hydrogen-bond donors (Lipinski definition) is 1. The van der Waals surface area contributed by atoms with E-state index >= 15 is 0 Å². The topological polar surface area (TPSA) is 71.3 Å². The molecule has 0 aromatic heterocycles. The predicted molar refractivity (Wildman–Crippen MR) is 81.3 cm³/mol. The fourth-order valence-electron chi connectivity index (χ4n) is 1.77. The Morgan fingerprint density at radius 1 is 1.43 bits per heavy atom. The molecular weight excluding hydrogens is 268 g/mol. The molecule has 21 heavy (non-hydrogen) atoms. The molecule has 1 aromatic carbocycles. The minimum atomic E-state index is -0.950. The molecule has 0 bridgehead atoms. The van der Waals surface area contributed by atoms with Crippen LogP contribution in [0.5, 0.6) is 5.75 Å². The minimum Gasteiger partial charge on any atom is -0.491 e. The number of benzene rings is 1. The van der Waals surface area contributed by atoms with Crippen LogP contribution in [-0.2, 0) is 9.53 Å². The Labute approximate surface area is 125 Å². The Bertz CT molecular complexity index is 545. The standard InChI is InChI=1S/C16H22N2O3/c1-6-20-16(4,5)15(19)18-14-8-7-13(21-11(2)3)9-12(14)10-17/h7-9,11H,6H2,1-5H3,(H,18,19). The number of rotatable bonds is 6. The van der Waals surface area contributed by atoms with E-state index in [0.29, 0.717) is 23.6 Å². The number of nitrogens with one attached hydrogen (secondary N) is 1. The molecule has 0 spiro atoms. The highest BCUT2D eigenvalue weighted by atomic mass is 16.5. The molecule has 0 saturated carbocycles. The Hall–Kier alpha value is -2.06. The average Bonchev–Trinajstić information content (AvgIpc) is 2.39. The van der Waals surface area contributed by atoms with Crippen molar-refractivity contribution < 1.29 is 14.3 Å². The second kappa shape index (κ2) is 7.09. The van der Waals surface area contributed by atoms with E-state index in [1.807, 2.05) is 20.8 Å². The van der Waals surface area contributed by atoms with Crippen LogP contribution in [-0.4, -0.2) is 24.2 Å². The first kappa shape index (κ1) is 17.0. The van der Waals surface area contributed by atoms with Crippen LogP contribution in [0.1, 0.15) is 40.2 Å². The van der Waals surface area contributed by atoms with Crippen molar-refractivity contribution in [3.63, 3.8) is 0 Å². The molecule has 1 aromatic rings. The molecule has 0 aliphatic carbocycles. The van der Waals surface area contributed by atoms with E-state index in [1.54, 1.807) is 32.0 Å². The van der Waals surface area contributed by atoms with Gasteiger partial charge in [-0.3, -0.25) is 4.79 Å². The lowest BCUT2D eigenvalue weighted by Gasteiger charge is -2.23. The van der Waals surface area contributed by atoms with Gasteiger partial charge in [0.05, 0.1) is 17.4 Å². The molecule has 0 aliphatic rings. The molecule has 0 radical (unpaired) electrons. The molecule has 0 fully saturated rings. The largest absolute Gasteiger partial charge is 0.491 e. The first-order valence-electron chi connectivity index (χ1n) is 6.96. The average molecular weight is 290 g/mol. The molecule has 0 atom stereocenters. The molecule has 1 amide bonds. The van der Waals surface area contributed by atoms with Gasteiger partial charge < -0.3 is 14.8 Å². The molecule has 114 valence electrons. The maximum Gasteiger partial charge on any atom is 0.256 e. The van der Waals surface area contributed by atoms with Gasteiger partial charge in [-0.15, -0.1) is 0 Å². The molecule has 0 saturated heterocycles. The quantitative estimate of drug-likeness (QED) is 0.874. The Kier molecular flexibility index (Phi) is 5.74. The van der Waals surface area contributed by atoms with E-state index in [4.69, 9.17) is 9.47 Å². The monoisotopic (exact) mass is 290 g/mol. The molecule has 1 N–H and O–H groups in total. The summed E-state index contributed by atoms with van der Waals surface area (Å²) in [6.07, 6.45) is 0.0221. The van der Waals surface area contributed by atoms with Crippen molar-refractivity contribution in [2.75, 3.05) is 11.9 Å². The lowest BCUT2D eigenvalue weighted by Crippen LogP contribution is -2.40. The fraction of sp³-hybridized carbons (Fsp3) is 0.500. The third kappa shape index (κ3) is 4.76. The van der Waals surface area contributed by atoms with Gasteiger partial charge in [0.1, 0.15) is 17.4 Å². The number of ether oxygens (including phenoxy) is 2. The summed E-state index contributed by atoms with van der Waals surface area (Å²) < 4.78 is 10.9. The van der Waals surface area contributed by atoms with Gasteiger partial charge in [0.25, 0.3) is 5.91 Å². The van der Waals surface area contributed by atoms with E-state index in [9.17, 15) is 10.1 Å². The number of nitriles is 1. The van der Waals surface area contributed by atoms with Crippen molar-refractivity contribution in [1.82, 2.24) is 0 Å². The van der Waals surface area contributed by atoms with Gasteiger partial charge >= 0.3 is 0 Å². The Balaban J connectivity index is 2.94. The van der Waals surface area contributed by atoms with Crippen LogP contribution in [0.25, 0.3) is 0 Å². The van der Waals surface area contributed by atoms with Gasteiger partial charge in [0.15, 0.2) is 0 Å². The first-order valence-corrected chi connectivity index (χ1v) is 6.96. The smallest absolute Gasteiger partial charge is 0.256 e. The lowest BCUT2D eigenvalue weighted by atomic mass is 10.1. The van der Waals surface area contributed by atoms with Gasteiger partial charge in [0, 0.05) is 12.7 Å². The first-order chi connectivity index (χ1) is 9.80. The fourth-order valence-corrected chi connectivity index (χ4v) is 1.77. The van der Waals surface area contributed by atoms with Gasteiger partial charge in [0.2, 0.25) is 0 Å². The van der Waals surface area contributed by atoms with Crippen LogP contribution < -0.4 is 10.1 Å². The lowest BCUT2D eigenvalue weighted by molar-refractivity contribution is -0.136. The van der Waals surface area contributed by atoms with E-state index in [1.165, 1.54) is 0 Å². The molecule has 0 aliphatic heterocycles. The zero-order valence-corrected chi connectivity index (χ0v) is 13.2. The number of hydrogen-bond acceptors (Lipinski definition) is 4. The Morgan fingerprint density at radius 3 is 2.62 bits per heavy atom. The summed E-state index contributed by atoms with van der Waals surface area (Å²) in [5, 5.41) is 11.9. The van der Waals surface area contributed by atoms with Gasteiger partial charge in [-0.25, -0.2) is 0 Å². The van der Waals surface area contributed by atoms with Crippen molar-refractivity contribution in [3.05, 3.63) is 23.8 Å². The van der Waals surface area contributed by atoms with Crippen molar-refractivity contribution in [2.24, 2.45) is 0 Å². The molecule has 5 nitrogen and oxygen atoms in total. The summed E-state index contributed by atoms with van der Waals surface area (Å²) in [7, 11) is 0. The summed E-state index contributed by atoms with van der Waals surface area (Å²) in [6, 6.07) is 7.07. The summed E-state index contributed by atoms with van der Waals surface area (Å²) >= 11 is 0. The number of carbonyl (C=O) groups is 1. The van der Waals surface area contributed by atoms with Crippen molar-refractivity contribution >= 4 is 11.6 Å². The second-order valence-corrected chi connectivity index (χ2v) is 5.38. The number of carbonyl (C=O) groups excluding carboxylic acids is 1. The predicted octanol–water partition coefficient (Wildman–Crippen LogP) is 3.10. The minimum absolute atomic E-state index is 0.0221. The summed E-state index contributed by atoms with van der Waals surface area (Å²) in [4.78, 5) is 12.2. The number of amides is 1. The van der Waals surface area contributed by atoms with E-state index in [-0.39, 0.29) is 12.0 Å². The van der Waals surface area contributed by atoms with Crippen LogP contribution in [0.3, 0.4) is 0 Å². The highest BCUT2D eigenvalue weighted by molar-refractivity contribution is 5.97. The highest BCUT2D eigenvalue weighted by Crippen LogP contribution is 2.24. The van der Waals surface area contributed by atoms with Crippen molar-refractivity contribution in [1.29, 1.82) is 5.26 Å². The normalized spacial score (nSPS) is 11.1. The van der Waals surface area contributed by atoms with Crippen LogP contribution >= 0.6 is 0 Å². The van der Waals surface area contributed by atoms with Gasteiger partial charge in [-0.1, -0.05) is 0 Å². The van der Waals surface area contributed by atoms with E-state index in [2.05, 4.69) is 11.4 Å². The van der Waals surface area contributed by atoms with E-state index < -0.39 is 5.60 Å². The highest BCUT2D eigenvalue weighted by Gasteiger charge is 2.28. The maximum atomic E-state index is 12.2. The molecular formula is C16H22N2O3. The summed E-state index contributed by atoms with van der Waals surface area (Å²) in [6.45, 7) is 9.46. The molecule has 1 rings (SSSR count). The second-order valence-electron chi connectivity index (χ2n) is 5.38. The summed E-state index contributed by atoms with van der Waals surface area (Å²) in [5.41, 5.74) is -0.144. The van der Waals surface area contributed by atoms with Crippen molar-refractivity contribution in [2.45, 2.75) is 46.3 Å². The van der Waals surface area contributed by atoms with Gasteiger partial charge in [-0.05, 0) is 46.8 Å². The van der Waals surface area contributed by atoms with E-state index in [0.717, 1.165) is 0 Å². The molecule has 0 unspecified atom stereocenters. The Morgan fingerprint density at radius 2 is 2.10 bits per heavy atom. The van der Waals surface area contributed by atoms with Crippen LogP contribution in [0, 0.1) is 11.3 Å². The van der Waals surface area contributed by atoms with Crippen LogP contribution in [0.2, 0.25) is 0 Å². The third-order valence-electron chi connectivity index (χ3n) is 2.78. The maximum absolute atomic E-state index is 12.2. The number of nitrogens with zero attached hydrogens (tertiary/aromatic N) is 1. The molecule has 0 heterocycles. The summed E-state index contributed by atoms with van der Waals surface area (Å²) in [5.74, 6) is 0.307. The molecule has 5 heteroatoms.